The standard InChI is InChI=1S/C24H23N3O6/c1-15-7-5-6-8-19(15)24(29)33-27-18-11-9-17(10-12-18)25-26-23(28)16-13-20(30-2)22(32-4)21(14-16)31-3/h5-14,27H,1-4H3. The van der Waals surface area contributed by atoms with Gasteiger partial charge in [0.25, 0.3) is 5.91 Å². The zero-order valence-electron chi connectivity index (χ0n) is 18.6. The van der Waals surface area contributed by atoms with Crippen molar-refractivity contribution in [1.82, 2.24) is 0 Å². The number of hydrogen-bond donors (Lipinski definition) is 1. The van der Waals surface area contributed by atoms with Crippen molar-refractivity contribution in [2.75, 3.05) is 26.8 Å². The molecule has 0 heterocycles. The van der Waals surface area contributed by atoms with Gasteiger partial charge in [0.1, 0.15) is 0 Å². The summed E-state index contributed by atoms with van der Waals surface area (Å²) in [5.41, 5.74) is 5.09. The fraction of sp³-hybridized carbons (Fsp3) is 0.167. The zero-order valence-corrected chi connectivity index (χ0v) is 18.6. The number of anilines is 1. The van der Waals surface area contributed by atoms with Crippen LogP contribution in [0.2, 0.25) is 0 Å². The summed E-state index contributed by atoms with van der Waals surface area (Å²) in [6.45, 7) is 1.83. The lowest BCUT2D eigenvalue weighted by Gasteiger charge is -2.12. The van der Waals surface area contributed by atoms with Gasteiger partial charge in [-0.25, -0.2) is 10.3 Å². The second-order valence-corrected chi connectivity index (χ2v) is 6.77. The second-order valence-electron chi connectivity index (χ2n) is 6.77. The van der Waals surface area contributed by atoms with Crippen LogP contribution in [0.15, 0.2) is 70.9 Å². The van der Waals surface area contributed by atoms with Crippen molar-refractivity contribution in [2.24, 2.45) is 10.2 Å². The first-order valence-corrected chi connectivity index (χ1v) is 9.85. The summed E-state index contributed by atoms with van der Waals surface area (Å²) in [4.78, 5) is 29.8. The highest BCUT2D eigenvalue weighted by atomic mass is 16.7. The molecule has 0 saturated carbocycles. The Kier molecular flexibility index (Phi) is 7.59. The molecule has 3 rings (SSSR count). The molecule has 3 aromatic rings. The molecule has 1 N–H and O–H groups in total. The van der Waals surface area contributed by atoms with Crippen LogP contribution >= 0.6 is 0 Å². The molecular formula is C24H23N3O6. The van der Waals surface area contributed by atoms with Crippen LogP contribution in [0.4, 0.5) is 11.4 Å². The van der Waals surface area contributed by atoms with Crippen LogP contribution in [0, 0.1) is 6.92 Å². The van der Waals surface area contributed by atoms with Gasteiger partial charge >= 0.3 is 5.97 Å². The topological polar surface area (TPSA) is 108 Å². The Bertz CT molecular complexity index is 1150. The van der Waals surface area contributed by atoms with Gasteiger partial charge in [-0.15, -0.1) is 10.2 Å². The molecule has 0 saturated heterocycles. The zero-order chi connectivity index (χ0) is 23.8. The van der Waals surface area contributed by atoms with Gasteiger partial charge in [0.05, 0.1) is 43.8 Å². The Morgan fingerprint density at radius 1 is 0.848 bits per heavy atom. The van der Waals surface area contributed by atoms with Gasteiger partial charge in [-0.2, -0.15) is 0 Å². The highest BCUT2D eigenvalue weighted by Gasteiger charge is 2.17. The lowest BCUT2D eigenvalue weighted by molar-refractivity contribution is 0.0595. The molecule has 1 amide bonds. The molecule has 170 valence electrons. The summed E-state index contributed by atoms with van der Waals surface area (Å²) >= 11 is 0. The summed E-state index contributed by atoms with van der Waals surface area (Å²) in [7, 11) is 4.39. The van der Waals surface area contributed by atoms with E-state index < -0.39 is 11.9 Å². The number of methoxy groups -OCH3 is 3. The molecular weight excluding hydrogens is 426 g/mol. The number of ether oxygens (including phenoxy) is 3. The van der Waals surface area contributed by atoms with E-state index in [2.05, 4.69) is 15.7 Å². The average Bonchev–Trinajstić information content (AvgIpc) is 2.85. The van der Waals surface area contributed by atoms with Gasteiger partial charge in [0.15, 0.2) is 11.5 Å². The molecule has 0 radical (unpaired) electrons. The van der Waals surface area contributed by atoms with Gasteiger partial charge in [-0.05, 0) is 55.0 Å². The number of aryl methyl sites for hydroxylation is 1. The highest BCUT2D eigenvalue weighted by Crippen LogP contribution is 2.38. The summed E-state index contributed by atoms with van der Waals surface area (Å²) in [6, 6.07) is 16.7. The Morgan fingerprint density at radius 2 is 1.48 bits per heavy atom. The molecule has 3 aromatic carbocycles. The first-order valence-electron chi connectivity index (χ1n) is 9.85. The maximum Gasteiger partial charge on any atom is 0.363 e. The molecule has 0 aliphatic carbocycles. The number of carbonyl (C=O) groups is 2. The third-order valence-electron chi connectivity index (χ3n) is 4.66. The van der Waals surface area contributed by atoms with Gasteiger partial charge in [-0.1, -0.05) is 18.2 Å². The quantitative estimate of drug-likeness (QED) is 0.375. The minimum Gasteiger partial charge on any atom is -0.493 e. The molecule has 0 spiro atoms. The highest BCUT2D eigenvalue weighted by molar-refractivity contribution is 5.96. The molecule has 0 fully saturated rings. The molecule has 9 nitrogen and oxygen atoms in total. The van der Waals surface area contributed by atoms with Crippen LogP contribution < -0.4 is 19.7 Å². The maximum absolute atomic E-state index is 12.5. The molecule has 0 aromatic heterocycles. The van der Waals surface area contributed by atoms with E-state index in [0.717, 1.165) is 5.56 Å². The lowest BCUT2D eigenvalue weighted by Crippen LogP contribution is -2.11. The van der Waals surface area contributed by atoms with E-state index in [4.69, 9.17) is 19.0 Å². The molecule has 9 heteroatoms. The van der Waals surface area contributed by atoms with Crippen molar-refractivity contribution in [3.63, 3.8) is 0 Å². The van der Waals surface area contributed by atoms with E-state index in [1.807, 2.05) is 19.1 Å². The number of nitrogens with one attached hydrogen (secondary N) is 1. The maximum atomic E-state index is 12.5. The monoisotopic (exact) mass is 449 g/mol. The van der Waals surface area contributed by atoms with E-state index in [-0.39, 0.29) is 5.56 Å². The predicted octanol–water partition coefficient (Wildman–Crippen LogP) is 5.13. The second kappa shape index (κ2) is 10.8. The number of rotatable bonds is 8. The molecule has 0 aliphatic rings. The van der Waals surface area contributed by atoms with Crippen molar-refractivity contribution in [3.8, 4) is 17.2 Å². The minimum absolute atomic E-state index is 0.231. The van der Waals surface area contributed by atoms with Crippen LogP contribution in [0.25, 0.3) is 0 Å². The van der Waals surface area contributed by atoms with Crippen LogP contribution in [0.3, 0.4) is 0 Å². The number of nitrogens with zero attached hydrogens (tertiary/aromatic N) is 2. The SMILES string of the molecule is COc1cc(C(=O)N=Nc2ccc(NOC(=O)c3ccccc3C)cc2)cc(OC)c1OC. The van der Waals surface area contributed by atoms with Crippen molar-refractivity contribution in [2.45, 2.75) is 6.92 Å². The number of hydrogen-bond acceptors (Lipinski definition) is 8. The first-order chi connectivity index (χ1) is 16.0. The van der Waals surface area contributed by atoms with Crippen LogP contribution in [0.5, 0.6) is 17.2 Å². The van der Waals surface area contributed by atoms with Gasteiger partial charge in [-0.3, -0.25) is 4.79 Å². The third kappa shape index (κ3) is 5.65. The third-order valence-corrected chi connectivity index (χ3v) is 4.66. The van der Waals surface area contributed by atoms with E-state index in [1.165, 1.54) is 33.5 Å². The summed E-state index contributed by atoms with van der Waals surface area (Å²) in [5.74, 6) is -0.0201. The van der Waals surface area contributed by atoms with Crippen molar-refractivity contribution in [3.05, 3.63) is 77.4 Å². The molecule has 0 atom stereocenters. The van der Waals surface area contributed by atoms with E-state index in [9.17, 15) is 9.59 Å². The number of azo groups is 1. The largest absolute Gasteiger partial charge is 0.493 e. The molecule has 0 unspecified atom stereocenters. The summed E-state index contributed by atoms with van der Waals surface area (Å²) in [5, 5.41) is 7.71. The lowest BCUT2D eigenvalue weighted by atomic mass is 10.1. The van der Waals surface area contributed by atoms with Crippen molar-refractivity contribution >= 4 is 23.3 Å². The van der Waals surface area contributed by atoms with Gasteiger partial charge < -0.3 is 19.0 Å². The fourth-order valence-electron chi connectivity index (χ4n) is 2.92. The molecule has 33 heavy (non-hydrogen) atoms. The minimum atomic E-state index is -0.580. The van der Waals surface area contributed by atoms with E-state index >= 15 is 0 Å². The van der Waals surface area contributed by atoms with Crippen LogP contribution in [0.1, 0.15) is 26.3 Å². The molecule has 0 aliphatic heterocycles. The van der Waals surface area contributed by atoms with E-state index in [1.54, 1.807) is 36.4 Å². The first kappa shape index (κ1) is 23.3. The summed E-state index contributed by atoms with van der Waals surface area (Å²) in [6.07, 6.45) is 0. The van der Waals surface area contributed by atoms with Crippen LogP contribution in [-0.2, 0) is 4.84 Å². The van der Waals surface area contributed by atoms with E-state index in [0.29, 0.717) is 34.2 Å². The Labute approximate surface area is 190 Å². The van der Waals surface area contributed by atoms with Crippen molar-refractivity contribution < 1.29 is 28.6 Å². The normalized spacial score (nSPS) is 10.5. The Hall–Kier alpha value is -4.40. The fourth-order valence-corrected chi connectivity index (χ4v) is 2.92. The predicted molar refractivity (Wildman–Crippen MR) is 122 cm³/mol. The van der Waals surface area contributed by atoms with Crippen LogP contribution in [-0.4, -0.2) is 33.2 Å². The number of amides is 1. The smallest absolute Gasteiger partial charge is 0.363 e. The van der Waals surface area contributed by atoms with Gasteiger partial charge in [0, 0.05) is 0 Å². The summed E-state index contributed by atoms with van der Waals surface area (Å²) < 4.78 is 15.7. The number of carbonyl (C=O) groups excluding carboxylic acids is 2. The number of benzene rings is 3. The Balaban J connectivity index is 1.65. The average molecular weight is 449 g/mol. The Morgan fingerprint density at radius 3 is 2.06 bits per heavy atom. The van der Waals surface area contributed by atoms with Gasteiger partial charge in [0.2, 0.25) is 5.75 Å². The van der Waals surface area contributed by atoms with Crippen molar-refractivity contribution in [1.29, 1.82) is 0 Å². The molecule has 0 bridgehead atoms.